The third-order valence-electron chi connectivity index (χ3n) is 2.90. The number of aliphatic hydroxyl groups excluding tert-OH is 1. The molecule has 1 amide bonds. The van der Waals surface area contributed by atoms with Crippen molar-refractivity contribution in [1.82, 2.24) is 4.90 Å². The van der Waals surface area contributed by atoms with E-state index in [1.807, 2.05) is 20.8 Å². The van der Waals surface area contributed by atoms with Gasteiger partial charge in [-0.3, -0.25) is 4.90 Å². The third kappa shape index (κ3) is 2.15. The van der Waals surface area contributed by atoms with Crippen molar-refractivity contribution in [3.8, 4) is 0 Å². The molecule has 0 spiro atoms. The minimum Gasteiger partial charge on any atom is -0.444 e. The first-order chi connectivity index (χ1) is 7.38. The van der Waals surface area contributed by atoms with E-state index in [1.54, 1.807) is 4.90 Å². The van der Waals surface area contributed by atoms with Crippen LogP contribution in [0.3, 0.4) is 0 Å². The molecule has 2 heterocycles. The highest BCUT2D eigenvalue weighted by molar-refractivity contribution is 5.69. The molecule has 0 unspecified atom stereocenters. The molecule has 5 nitrogen and oxygen atoms in total. The number of hydrogen-bond acceptors (Lipinski definition) is 4. The van der Waals surface area contributed by atoms with E-state index in [2.05, 4.69) is 0 Å². The lowest BCUT2D eigenvalue weighted by Crippen LogP contribution is -2.46. The summed E-state index contributed by atoms with van der Waals surface area (Å²) in [6, 6.07) is -0.227. The van der Waals surface area contributed by atoms with Gasteiger partial charge in [0.15, 0.2) is 0 Å². The highest BCUT2D eigenvalue weighted by Crippen LogP contribution is 2.30. The number of fused-ring (bicyclic) bond motifs is 1. The molecule has 3 atom stereocenters. The van der Waals surface area contributed by atoms with E-state index in [1.165, 1.54) is 0 Å². The molecule has 2 rings (SSSR count). The van der Waals surface area contributed by atoms with E-state index in [4.69, 9.17) is 9.47 Å². The van der Waals surface area contributed by atoms with E-state index in [9.17, 15) is 9.90 Å². The van der Waals surface area contributed by atoms with Gasteiger partial charge in [0.1, 0.15) is 11.7 Å². The Morgan fingerprint density at radius 2 is 2.19 bits per heavy atom. The molecule has 0 bridgehead atoms. The number of rotatable bonds is 0. The van der Waals surface area contributed by atoms with Gasteiger partial charge in [-0.25, -0.2) is 4.79 Å². The van der Waals surface area contributed by atoms with Crippen LogP contribution in [0.15, 0.2) is 0 Å². The Bertz CT molecular complexity index is 286. The molecule has 2 aliphatic rings. The van der Waals surface area contributed by atoms with Crippen LogP contribution in [0.25, 0.3) is 0 Å². The Morgan fingerprint density at radius 3 is 2.81 bits per heavy atom. The minimum absolute atomic E-state index is 0.0254. The lowest BCUT2D eigenvalue weighted by molar-refractivity contribution is 0.0105. The average molecular weight is 229 g/mol. The monoisotopic (exact) mass is 229 g/mol. The van der Waals surface area contributed by atoms with Crippen molar-refractivity contribution in [3.63, 3.8) is 0 Å². The van der Waals surface area contributed by atoms with E-state index < -0.39 is 11.7 Å². The molecule has 92 valence electrons. The van der Waals surface area contributed by atoms with Crippen molar-refractivity contribution in [2.24, 2.45) is 0 Å². The second kappa shape index (κ2) is 3.89. The molecule has 0 saturated carbocycles. The fraction of sp³-hybridized carbons (Fsp3) is 0.909. The van der Waals surface area contributed by atoms with E-state index in [0.29, 0.717) is 13.2 Å². The van der Waals surface area contributed by atoms with Crippen LogP contribution in [0, 0.1) is 0 Å². The molecule has 0 aromatic carbocycles. The third-order valence-corrected chi connectivity index (χ3v) is 2.90. The van der Waals surface area contributed by atoms with Crippen molar-refractivity contribution < 1.29 is 19.4 Å². The molecule has 2 saturated heterocycles. The Hall–Kier alpha value is -0.810. The first-order valence-electron chi connectivity index (χ1n) is 5.68. The smallest absolute Gasteiger partial charge is 0.410 e. The predicted molar refractivity (Wildman–Crippen MR) is 57.1 cm³/mol. The molecule has 16 heavy (non-hydrogen) atoms. The molecule has 2 fully saturated rings. The summed E-state index contributed by atoms with van der Waals surface area (Å²) in [6.45, 7) is 6.41. The zero-order chi connectivity index (χ0) is 11.9. The van der Waals surface area contributed by atoms with Crippen LogP contribution in [0.2, 0.25) is 0 Å². The number of nitrogens with zero attached hydrogens (tertiary/aromatic N) is 1. The van der Waals surface area contributed by atoms with Crippen LogP contribution in [0.5, 0.6) is 0 Å². The topological polar surface area (TPSA) is 59.0 Å². The summed E-state index contributed by atoms with van der Waals surface area (Å²) < 4.78 is 10.7. The summed E-state index contributed by atoms with van der Waals surface area (Å²) >= 11 is 0. The van der Waals surface area contributed by atoms with Crippen molar-refractivity contribution in [1.29, 1.82) is 0 Å². The van der Waals surface area contributed by atoms with E-state index in [0.717, 1.165) is 6.42 Å². The lowest BCUT2D eigenvalue weighted by Gasteiger charge is -2.28. The van der Waals surface area contributed by atoms with Gasteiger partial charge < -0.3 is 14.6 Å². The van der Waals surface area contributed by atoms with Crippen LogP contribution < -0.4 is 0 Å². The van der Waals surface area contributed by atoms with Crippen LogP contribution in [-0.2, 0) is 9.47 Å². The standard InChI is InChI=1S/C11H19NO4/c1-11(2,3)16-10(14)12-5-4-8-9(12)7(13)6-15-8/h7-9,13H,4-6H2,1-3H3/t7-,8+,9+/m0/s1. The summed E-state index contributed by atoms with van der Waals surface area (Å²) in [5.74, 6) is 0. The number of ether oxygens (including phenoxy) is 2. The zero-order valence-corrected chi connectivity index (χ0v) is 9.97. The van der Waals surface area contributed by atoms with Gasteiger partial charge in [0.05, 0.1) is 18.8 Å². The summed E-state index contributed by atoms with van der Waals surface area (Å²) in [5.41, 5.74) is -0.500. The van der Waals surface area contributed by atoms with Gasteiger partial charge in [-0.05, 0) is 27.2 Å². The van der Waals surface area contributed by atoms with Gasteiger partial charge in [-0.15, -0.1) is 0 Å². The second-order valence-corrected chi connectivity index (χ2v) is 5.39. The van der Waals surface area contributed by atoms with Gasteiger partial charge in [0.2, 0.25) is 0 Å². The molecule has 2 aliphatic heterocycles. The highest BCUT2D eigenvalue weighted by atomic mass is 16.6. The number of aliphatic hydroxyl groups is 1. The van der Waals surface area contributed by atoms with Gasteiger partial charge >= 0.3 is 6.09 Å². The van der Waals surface area contributed by atoms with Gasteiger partial charge in [-0.1, -0.05) is 0 Å². The molecule has 5 heteroatoms. The molecule has 1 N–H and O–H groups in total. The maximum atomic E-state index is 11.9. The number of likely N-dealkylation sites (tertiary alicyclic amines) is 1. The van der Waals surface area contributed by atoms with Crippen molar-refractivity contribution in [3.05, 3.63) is 0 Å². The summed E-state index contributed by atoms with van der Waals surface area (Å²) in [5, 5.41) is 9.74. The van der Waals surface area contributed by atoms with Crippen LogP contribution in [0.1, 0.15) is 27.2 Å². The molecule has 0 radical (unpaired) electrons. The molecule has 0 aromatic rings. The van der Waals surface area contributed by atoms with Gasteiger partial charge in [0, 0.05) is 6.54 Å². The van der Waals surface area contributed by atoms with Crippen LogP contribution in [-0.4, -0.2) is 53.1 Å². The van der Waals surface area contributed by atoms with Crippen LogP contribution in [0.4, 0.5) is 4.79 Å². The number of carbonyl (C=O) groups is 1. The van der Waals surface area contributed by atoms with E-state index in [-0.39, 0.29) is 18.2 Å². The predicted octanol–water partition coefficient (Wildman–Crippen LogP) is 0.756. The van der Waals surface area contributed by atoms with Crippen molar-refractivity contribution in [2.75, 3.05) is 13.2 Å². The normalized spacial score (nSPS) is 34.0. The second-order valence-electron chi connectivity index (χ2n) is 5.39. The quantitative estimate of drug-likeness (QED) is 0.666. The first kappa shape index (κ1) is 11.7. The van der Waals surface area contributed by atoms with E-state index >= 15 is 0 Å². The number of carbonyl (C=O) groups excluding carboxylic acids is 1. The SMILES string of the molecule is CC(C)(C)OC(=O)N1CC[C@H]2OC[C@H](O)[C@H]21. The average Bonchev–Trinajstić information content (AvgIpc) is 2.66. The van der Waals surface area contributed by atoms with Gasteiger partial charge in [-0.2, -0.15) is 0 Å². The minimum atomic E-state index is -0.583. The number of amides is 1. The Morgan fingerprint density at radius 1 is 1.50 bits per heavy atom. The maximum Gasteiger partial charge on any atom is 0.410 e. The molecular formula is C11H19NO4. The fourth-order valence-corrected chi connectivity index (χ4v) is 2.28. The molecular weight excluding hydrogens is 210 g/mol. The maximum absolute atomic E-state index is 11.9. The highest BCUT2D eigenvalue weighted by Gasteiger charge is 2.47. The Kier molecular flexibility index (Phi) is 2.84. The van der Waals surface area contributed by atoms with Crippen molar-refractivity contribution in [2.45, 2.75) is 51.0 Å². The molecule has 0 aliphatic carbocycles. The Balaban J connectivity index is 2.02. The lowest BCUT2D eigenvalue weighted by atomic mass is 10.1. The largest absolute Gasteiger partial charge is 0.444 e. The summed E-state index contributed by atoms with van der Waals surface area (Å²) in [4.78, 5) is 13.5. The summed E-state index contributed by atoms with van der Waals surface area (Å²) in [6.07, 6.45) is -0.187. The van der Waals surface area contributed by atoms with Crippen LogP contribution >= 0.6 is 0 Å². The number of hydrogen-bond donors (Lipinski definition) is 1. The van der Waals surface area contributed by atoms with Gasteiger partial charge in [0.25, 0.3) is 0 Å². The molecule has 0 aromatic heterocycles. The fourth-order valence-electron chi connectivity index (χ4n) is 2.28. The summed E-state index contributed by atoms with van der Waals surface area (Å²) in [7, 11) is 0. The zero-order valence-electron chi connectivity index (χ0n) is 9.97. The first-order valence-corrected chi connectivity index (χ1v) is 5.68. The van der Waals surface area contributed by atoms with Crippen molar-refractivity contribution >= 4 is 6.09 Å². The Labute approximate surface area is 95.3 Å².